The fraction of sp³-hybridized carbons (Fsp3) is 0.167. The van der Waals surface area contributed by atoms with E-state index in [0.717, 1.165) is 4.31 Å². The smallest absolute Gasteiger partial charge is 0.255 e. The molecule has 184 valence electrons. The van der Waals surface area contributed by atoms with Gasteiger partial charge in [0.15, 0.2) is 11.5 Å². The van der Waals surface area contributed by atoms with E-state index >= 15 is 0 Å². The van der Waals surface area contributed by atoms with Crippen molar-refractivity contribution in [3.63, 3.8) is 0 Å². The molecule has 0 spiro atoms. The normalized spacial score (nSPS) is 11.6. The van der Waals surface area contributed by atoms with Gasteiger partial charge < -0.3 is 9.47 Å². The van der Waals surface area contributed by atoms with Crippen LogP contribution in [0.25, 0.3) is 0 Å². The number of hydrazone groups is 1. The number of sulfonamides is 1. The van der Waals surface area contributed by atoms with Crippen LogP contribution < -0.4 is 14.9 Å². The Morgan fingerprint density at radius 2 is 1.69 bits per heavy atom. The first-order chi connectivity index (χ1) is 16.7. The fourth-order valence-corrected chi connectivity index (χ4v) is 4.81. The Balaban J connectivity index is 1.83. The lowest BCUT2D eigenvalue weighted by atomic mass is 10.2. The van der Waals surface area contributed by atoms with Crippen LogP contribution in [0.5, 0.6) is 11.5 Å². The summed E-state index contributed by atoms with van der Waals surface area (Å²) in [6, 6.07) is 18.1. The summed E-state index contributed by atoms with van der Waals surface area (Å²) >= 11 is 11.9. The van der Waals surface area contributed by atoms with Crippen molar-refractivity contribution in [2.45, 2.75) is 11.4 Å². The van der Waals surface area contributed by atoms with Gasteiger partial charge in [-0.05, 0) is 35.4 Å². The summed E-state index contributed by atoms with van der Waals surface area (Å²) in [5.74, 6) is 0.0145. The standard InChI is InChI=1S/C24H23Cl2N3O5S/c1-33-22-11-9-19(13-23(22)34-2)35(31,32)29(15-17-6-4-3-5-7-17)16-24(30)28-27-14-18-8-10-20(25)21(26)12-18/h3-14H,15-16H2,1-2H3,(H,28,30)/b27-14+. The maximum absolute atomic E-state index is 13.5. The second kappa shape index (κ2) is 12.0. The van der Waals surface area contributed by atoms with Crippen LogP contribution in [0.1, 0.15) is 11.1 Å². The molecule has 8 nitrogen and oxygen atoms in total. The summed E-state index contributed by atoms with van der Waals surface area (Å²) in [7, 11) is -1.22. The third kappa shape index (κ3) is 6.95. The minimum absolute atomic E-state index is 0.0263. The third-order valence-electron chi connectivity index (χ3n) is 4.86. The molecule has 3 aromatic rings. The van der Waals surface area contributed by atoms with Gasteiger partial charge in [-0.15, -0.1) is 0 Å². The molecule has 0 heterocycles. The molecule has 0 saturated carbocycles. The number of methoxy groups -OCH3 is 2. The van der Waals surface area contributed by atoms with E-state index in [1.54, 1.807) is 42.5 Å². The van der Waals surface area contributed by atoms with Crippen LogP contribution >= 0.6 is 23.2 Å². The topological polar surface area (TPSA) is 97.3 Å². The summed E-state index contributed by atoms with van der Waals surface area (Å²) in [5, 5.41) is 4.63. The molecule has 3 rings (SSSR count). The van der Waals surface area contributed by atoms with E-state index in [-0.39, 0.29) is 17.2 Å². The first-order valence-corrected chi connectivity index (χ1v) is 12.5. The minimum atomic E-state index is -4.09. The third-order valence-corrected chi connectivity index (χ3v) is 7.39. The predicted octanol–water partition coefficient (Wildman–Crippen LogP) is 4.35. The van der Waals surface area contributed by atoms with Crippen LogP contribution in [0.2, 0.25) is 10.0 Å². The summed E-state index contributed by atoms with van der Waals surface area (Å²) in [5.41, 5.74) is 3.67. The SMILES string of the molecule is COc1ccc(S(=O)(=O)N(CC(=O)N/N=C/c2ccc(Cl)c(Cl)c2)Cc2ccccc2)cc1OC. The van der Waals surface area contributed by atoms with Gasteiger partial charge in [-0.3, -0.25) is 4.79 Å². The molecular formula is C24H23Cl2N3O5S. The molecule has 35 heavy (non-hydrogen) atoms. The number of carbonyl (C=O) groups is 1. The molecule has 11 heteroatoms. The molecular weight excluding hydrogens is 513 g/mol. The molecule has 3 aromatic carbocycles. The van der Waals surface area contributed by atoms with Gasteiger partial charge >= 0.3 is 0 Å². The number of benzene rings is 3. The number of hydrogen-bond donors (Lipinski definition) is 1. The van der Waals surface area contributed by atoms with Crippen LogP contribution in [0.4, 0.5) is 0 Å². The first kappa shape index (κ1) is 26.5. The molecule has 0 unspecified atom stereocenters. The van der Waals surface area contributed by atoms with Crippen LogP contribution in [0.15, 0.2) is 76.7 Å². The number of halogens is 2. The zero-order chi connectivity index (χ0) is 25.4. The fourth-order valence-electron chi connectivity index (χ4n) is 3.11. The highest BCUT2D eigenvalue weighted by atomic mass is 35.5. The van der Waals surface area contributed by atoms with Gasteiger partial charge in [0.05, 0.1) is 41.9 Å². The molecule has 0 bridgehead atoms. The van der Waals surface area contributed by atoms with Gasteiger partial charge in [0.25, 0.3) is 5.91 Å². The summed E-state index contributed by atoms with van der Waals surface area (Å²) in [4.78, 5) is 12.6. The van der Waals surface area contributed by atoms with Crippen LogP contribution in [-0.2, 0) is 21.4 Å². The number of rotatable bonds is 10. The largest absolute Gasteiger partial charge is 0.493 e. The number of amides is 1. The summed E-state index contributed by atoms with van der Waals surface area (Å²) < 4.78 is 38.5. The van der Waals surface area contributed by atoms with Crippen LogP contribution in [0, 0.1) is 0 Å². The Kier molecular flexibility index (Phi) is 9.11. The summed E-state index contributed by atoms with van der Waals surface area (Å²) in [6.07, 6.45) is 1.38. The minimum Gasteiger partial charge on any atom is -0.493 e. The van der Waals surface area contributed by atoms with Crippen molar-refractivity contribution in [1.82, 2.24) is 9.73 Å². The Morgan fingerprint density at radius 3 is 2.34 bits per heavy atom. The molecule has 1 N–H and O–H groups in total. The van der Waals surface area contributed by atoms with Crippen molar-refractivity contribution in [3.05, 3.63) is 87.9 Å². The van der Waals surface area contributed by atoms with Gasteiger partial charge in [0, 0.05) is 12.6 Å². The number of nitrogens with one attached hydrogen (secondary N) is 1. The number of hydrogen-bond acceptors (Lipinski definition) is 6. The monoisotopic (exact) mass is 535 g/mol. The Labute approximate surface area is 214 Å². The van der Waals surface area contributed by atoms with E-state index in [2.05, 4.69) is 10.5 Å². The highest BCUT2D eigenvalue weighted by Crippen LogP contribution is 2.31. The van der Waals surface area contributed by atoms with Gasteiger partial charge in [-0.2, -0.15) is 9.41 Å². The second-order valence-corrected chi connectivity index (χ2v) is 9.99. The Bertz CT molecular complexity index is 1320. The summed E-state index contributed by atoms with van der Waals surface area (Å²) in [6.45, 7) is -0.494. The molecule has 0 radical (unpaired) electrons. The maximum Gasteiger partial charge on any atom is 0.255 e. The van der Waals surface area contributed by atoms with Crippen molar-refractivity contribution in [3.8, 4) is 11.5 Å². The van der Waals surface area contributed by atoms with Gasteiger partial charge in [-0.25, -0.2) is 13.8 Å². The van der Waals surface area contributed by atoms with E-state index in [4.69, 9.17) is 32.7 Å². The average molecular weight is 536 g/mol. The van der Waals surface area contributed by atoms with Crippen molar-refractivity contribution >= 4 is 45.3 Å². The molecule has 0 fully saturated rings. The number of carbonyl (C=O) groups excluding carboxylic acids is 1. The van der Waals surface area contributed by atoms with Crippen LogP contribution in [-0.4, -0.2) is 45.6 Å². The van der Waals surface area contributed by atoms with Crippen molar-refractivity contribution in [2.75, 3.05) is 20.8 Å². The lowest BCUT2D eigenvalue weighted by Crippen LogP contribution is -2.39. The zero-order valence-electron chi connectivity index (χ0n) is 18.9. The zero-order valence-corrected chi connectivity index (χ0v) is 21.3. The highest BCUT2D eigenvalue weighted by Gasteiger charge is 2.28. The molecule has 0 aliphatic carbocycles. The Hall–Kier alpha value is -3.11. The molecule has 0 aliphatic rings. The molecule has 0 aliphatic heterocycles. The quantitative estimate of drug-likeness (QED) is 0.307. The lowest BCUT2D eigenvalue weighted by Gasteiger charge is -2.22. The van der Waals surface area contributed by atoms with Gasteiger partial charge in [0.2, 0.25) is 10.0 Å². The van der Waals surface area contributed by atoms with E-state index in [0.29, 0.717) is 26.9 Å². The van der Waals surface area contributed by atoms with Crippen molar-refractivity contribution < 1.29 is 22.7 Å². The van der Waals surface area contributed by atoms with E-state index in [9.17, 15) is 13.2 Å². The Morgan fingerprint density at radius 1 is 0.971 bits per heavy atom. The number of nitrogens with zero attached hydrogens (tertiary/aromatic N) is 2. The first-order valence-electron chi connectivity index (χ1n) is 10.3. The average Bonchev–Trinajstić information content (AvgIpc) is 2.86. The van der Waals surface area contributed by atoms with Crippen molar-refractivity contribution in [2.24, 2.45) is 5.10 Å². The van der Waals surface area contributed by atoms with E-state index < -0.39 is 22.5 Å². The maximum atomic E-state index is 13.5. The highest BCUT2D eigenvalue weighted by molar-refractivity contribution is 7.89. The van der Waals surface area contributed by atoms with E-state index in [1.165, 1.54) is 38.6 Å². The van der Waals surface area contributed by atoms with Crippen LogP contribution in [0.3, 0.4) is 0 Å². The lowest BCUT2D eigenvalue weighted by molar-refractivity contribution is -0.121. The molecule has 1 amide bonds. The van der Waals surface area contributed by atoms with Gasteiger partial charge in [-0.1, -0.05) is 59.6 Å². The van der Waals surface area contributed by atoms with E-state index in [1.807, 2.05) is 6.07 Å². The predicted molar refractivity (Wildman–Crippen MR) is 136 cm³/mol. The van der Waals surface area contributed by atoms with Gasteiger partial charge in [0.1, 0.15) is 0 Å². The molecule has 0 saturated heterocycles. The number of ether oxygens (including phenoxy) is 2. The molecule has 0 atom stereocenters. The van der Waals surface area contributed by atoms with Crippen molar-refractivity contribution in [1.29, 1.82) is 0 Å². The second-order valence-electron chi connectivity index (χ2n) is 7.24. The molecule has 0 aromatic heterocycles.